The van der Waals surface area contributed by atoms with Crippen LogP contribution in [0, 0.1) is 5.92 Å². The molecule has 0 spiro atoms. The molecule has 2 heterocycles. The summed E-state index contributed by atoms with van der Waals surface area (Å²) >= 11 is 0. The summed E-state index contributed by atoms with van der Waals surface area (Å²) in [6, 6.07) is 1.82. The number of aromatic nitrogens is 3. The van der Waals surface area contributed by atoms with Gasteiger partial charge in [0.05, 0.1) is 24.2 Å². The van der Waals surface area contributed by atoms with E-state index in [2.05, 4.69) is 47.3 Å². The fraction of sp³-hybridized carbons (Fsp3) is 0.412. The molecule has 23 heavy (non-hydrogen) atoms. The molecule has 2 aromatic rings. The van der Waals surface area contributed by atoms with E-state index in [1.807, 2.05) is 19.3 Å². The first kappa shape index (κ1) is 16.9. The number of pyridine rings is 1. The average Bonchev–Trinajstić information content (AvgIpc) is 3.01. The molecule has 0 aliphatic heterocycles. The zero-order valence-electron chi connectivity index (χ0n) is 14.0. The molecule has 122 valence electrons. The highest BCUT2D eigenvalue weighted by Crippen LogP contribution is 2.39. The third kappa shape index (κ3) is 3.83. The number of aliphatic imine (C=N–C) groups is 2. The smallest absolute Gasteiger partial charge is 0.242 e. The van der Waals surface area contributed by atoms with Gasteiger partial charge in [-0.2, -0.15) is 5.10 Å². The fourth-order valence-electron chi connectivity index (χ4n) is 2.29. The Morgan fingerprint density at radius 1 is 1.26 bits per heavy atom. The van der Waals surface area contributed by atoms with Gasteiger partial charge in [-0.3, -0.25) is 14.7 Å². The Balaban J connectivity index is 2.41. The minimum absolute atomic E-state index is 0.440. The molecule has 0 amide bonds. The number of nitrogens with zero attached hydrogens (tertiary/aromatic N) is 5. The van der Waals surface area contributed by atoms with Gasteiger partial charge in [0.1, 0.15) is 5.69 Å². The standard InChI is InChI=1S/C17H23N5O/c1-6-12(7-2)11-23-17-16(19-4)15(18-3)8-14(21-17)13-9-20-22(5)10-13/h8-10,12H,3-4,6-7,11H2,1-2,5H3. The number of hydrogen-bond donors (Lipinski definition) is 0. The third-order valence-corrected chi connectivity index (χ3v) is 3.88. The van der Waals surface area contributed by atoms with Gasteiger partial charge in [0, 0.05) is 18.8 Å². The zero-order chi connectivity index (χ0) is 16.8. The van der Waals surface area contributed by atoms with Crippen molar-refractivity contribution in [3.05, 3.63) is 18.5 Å². The van der Waals surface area contributed by atoms with Crippen LogP contribution in [-0.2, 0) is 7.05 Å². The molecule has 2 aromatic heterocycles. The second kappa shape index (κ2) is 7.67. The number of hydrogen-bond acceptors (Lipinski definition) is 5. The van der Waals surface area contributed by atoms with Gasteiger partial charge < -0.3 is 4.74 Å². The van der Waals surface area contributed by atoms with Crippen LogP contribution in [0.3, 0.4) is 0 Å². The molecular weight excluding hydrogens is 290 g/mol. The van der Waals surface area contributed by atoms with Crippen LogP contribution in [0.5, 0.6) is 5.88 Å². The molecule has 6 heteroatoms. The van der Waals surface area contributed by atoms with Crippen LogP contribution in [0.1, 0.15) is 26.7 Å². The summed E-state index contributed by atoms with van der Waals surface area (Å²) in [6.07, 6.45) is 5.76. The Morgan fingerprint density at radius 2 is 2.00 bits per heavy atom. The van der Waals surface area contributed by atoms with Crippen LogP contribution in [0.15, 0.2) is 28.4 Å². The predicted octanol–water partition coefficient (Wildman–Crippen LogP) is 3.96. The van der Waals surface area contributed by atoms with Crippen molar-refractivity contribution in [1.82, 2.24) is 14.8 Å². The van der Waals surface area contributed by atoms with Crippen molar-refractivity contribution >= 4 is 24.8 Å². The van der Waals surface area contributed by atoms with Crippen LogP contribution < -0.4 is 4.74 Å². The van der Waals surface area contributed by atoms with Crippen LogP contribution in [0.25, 0.3) is 11.3 Å². The Bertz CT molecular complexity index is 688. The first-order chi connectivity index (χ1) is 11.1. The third-order valence-electron chi connectivity index (χ3n) is 3.88. The van der Waals surface area contributed by atoms with Gasteiger partial charge in [-0.05, 0) is 25.4 Å². The molecule has 0 aliphatic carbocycles. The summed E-state index contributed by atoms with van der Waals surface area (Å²) in [5, 5.41) is 4.18. The lowest BCUT2D eigenvalue weighted by atomic mass is 10.1. The van der Waals surface area contributed by atoms with Gasteiger partial charge in [0.2, 0.25) is 5.88 Å². The normalized spacial score (nSPS) is 10.8. The highest BCUT2D eigenvalue weighted by Gasteiger charge is 2.16. The fourth-order valence-corrected chi connectivity index (χ4v) is 2.29. The number of rotatable bonds is 8. The quantitative estimate of drug-likeness (QED) is 0.693. The lowest BCUT2D eigenvalue weighted by Gasteiger charge is -2.15. The van der Waals surface area contributed by atoms with E-state index >= 15 is 0 Å². The summed E-state index contributed by atoms with van der Waals surface area (Å²) in [6.45, 7) is 12.1. The highest BCUT2D eigenvalue weighted by atomic mass is 16.5. The topological polar surface area (TPSA) is 64.7 Å². The molecule has 0 saturated carbocycles. The average molecular weight is 313 g/mol. The van der Waals surface area contributed by atoms with Crippen molar-refractivity contribution < 1.29 is 4.74 Å². The molecular formula is C17H23N5O. The Labute approximate surface area is 137 Å². The Kier molecular flexibility index (Phi) is 5.62. The maximum atomic E-state index is 5.92. The summed E-state index contributed by atoms with van der Waals surface area (Å²) in [7, 11) is 1.86. The predicted molar refractivity (Wildman–Crippen MR) is 94.4 cm³/mol. The van der Waals surface area contributed by atoms with Crippen molar-refractivity contribution in [1.29, 1.82) is 0 Å². The second-order valence-corrected chi connectivity index (χ2v) is 5.39. The van der Waals surface area contributed by atoms with E-state index < -0.39 is 0 Å². The Hall–Kier alpha value is -2.50. The van der Waals surface area contributed by atoms with E-state index in [0.717, 1.165) is 24.1 Å². The maximum absolute atomic E-state index is 5.92. The van der Waals surface area contributed by atoms with Gasteiger partial charge in [-0.15, -0.1) is 0 Å². The first-order valence-corrected chi connectivity index (χ1v) is 7.73. The molecule has 0 saturated heterocycles. The van der Waals surface area contributed by atoms with Gasteiger partial charge >= 0.3 is 0 Å². The molecule has 0 bridgehead atoms. The molecule has 2 rings (SSSR count). The molecule has 0 aromatic carbocycles. The van der Waals surface area contributed by atoms with E-state index in [1.165, 1.54) is 0 Å². The van der Waals surface area contributed by atoms with Gasteiger partial charge in [-0.1, -0.05) is 26.7 Å². The molecule has 0 radical (unpaired) electrons. The van der Waals surface area contributed by atoms with Gasteiger partial charge in [-0.25, -0.2) is 4.98 Å². The zero-order valence-corrected chi connectivity index (χ0v) is 14.0. The summed E-state index contributed by atoms with van der Waals surface area (Å²) < 4.78 is 7.65. The lowest BCUT2D eigenvalue weighted by Crippen LogP contribution is -2.11. The molecule has 0 aliphatic rings. The summed E-state index contributed by atoms with van der Waals surface area (Å²) in [5.74, 6) is 0.923. The molecule has 0 N–H and O–H groups in total. The summed E-state index contributed by atoms with van der Waals surface area (Å²) in [5.41, 5.74) is 2.75. The largest absolute Gasteiger partial charge is 0.476 e. The van der Waals surface area contributed by atoms with Crippen LogP contribution in [0.4, 0.5) is 11.4 Å². The van der Waals surface area contributed by atoms with Crippen LogP contribution >= 0.6 is 0 Å². The molecule has 0 atom stereocenters. The van der Waals surface area contributed by atoms with E-state index in [-0.39, 0.29) is 0 Å². The van der Waals surface area contributed by atoms with E-state index in [4.69, 9.17) is 4.74 Å². The van der Waals surface area contributed by atoms with Gasteiger partial charge in [0.15, 0.2) is 0 Å². The van der Waals surface area contributed by atoms with Crippen LogP contribution in [0.2, 0.25) is 0 Å². The second-order valence-electron chi connectivity index (χ2n) is 5.39. The number of ether oxygens (including phenoxy) is 1. The first-order valence-electron chi connectivity index (χ1n) is 7.73. The number of aryl methyl sites for hydroxylation is 1. The maximum Gasteiger partial charge on any atom is 0.242 e. The van der Waals surface area contributed by atoms with Crippen molar-refractivity contribution in [2.45, 2.75) is 26.7 Å². The van der Waals surface area contributed by atoms with Crippen molar-refractivity contribution in [2.24, 2.45) is 23.0 Å². The lowest BCUT2D eigenvalue weighted by molar-refractivity contribution is 0.234. The monoisotopic (exact) mass is 313 g/mol. The van der Waals surface area contributed by atoms with E-state index in [0.29, 0.717) is 29.8 Å². The highest BCUT2D eigenvalue weighted by molar-refractivity contribution is 5.76. The molecule has 0 unspecified atom stereocenters. The van der Waals surface area contributed by atoms with Crippen molar-refractivity contribution in [3.63, 3.8) is 0 Å². The molecule has 0 fully saturated rings. The minimum atomic E-state index is 0.440. The Morgan fingerprint density at radius 3 is 2.52 bits per heavy atom. The van der Waals surface area contributed by atoms with Crippen molar-refractivity contribution in [3.8, 4) is 17.1 Å². The van der Waals surface area contributed by atoms with E-state index in [9.17, 15) is 0 Å². The van der Waals surface area contributed by atoms with Crippen molar-refractivity contribution in [2.75, 3.05) is 6.61 Å². The minimum Gasteiger partial charge on any atom is -0.476 e. The SMILES string of the molecule is C=Nc1cc(-c2cnn(C)c2)nc(OCC(CC)CC)c1N=C. The molecule has 6 nitrogen and oxygen atoms in total. The van der Waals surface area contributed by atoms with Crippen LogP contribution in [-0.4, -0.2) is 34.8 Å². The van der Waals surface area contributed by atoms with Gasteiger partial charge in [0.25, 0.3) is 0 Å². The summed E-state index contributed by atoms with van der Waals surface area (Å²) in [4.78, 5) is 12.6. The van der Waals surface area contributed by atoms with E-state index in [1.54, 1.807) is 10.9 Å².